The number of fused-ring (bicyclic) bond motifs is 1. The lowest BCUT2D eigenvalue weighted by Gasteiger charge is -2.14. The summed E-state index contributed by atoms with van der Waals surface area (Å²) in [7, 11) is 1.65. The van der Waals surface area contributed by atoms with Crippen molar-refractivity contribution < 1.29 is 9.13 Å². The third-order valence-electron chi connectivity index (χ3n) is 2.94. The maximum Gasteiger partial charge on any atom is 0.178 e. The third kappa shape index (κ3) is 2.43. The highest BCUT2D eigenvalue weighted by atomic mass is 35.5. The van der Waals surface area contributed by atoms with Gasteiger partial charge in [0, 0.05) is 25.8 Å². The SMILES string of the molecule is COCCC(C)n1c(=S)[nH]c2cc(Cl)c(F)cc21. The van der Waals surface area contributed by atoms with Gasteiger partial charge in [-0.2, -0.15) is 0 Å². The molecule has 2 aromatic rings. The number of H-pyrrole nitrogens is 1. The number of rotatable bonds is 4. The van der Waals surface area contributed by atoms with Gasteiger partial charge >= 0.3 is 0 Å². The van der Waals surface area contributed by atoms with Gasteiger partial charge in [0.05, 0.1) is 16.1 Å². The zero-order valence-electron chi connectivity index (χ0n) is 10.2. The van der Waals surface area contributed by atoms with Crippen molar-refractivity contribution in [1.29, 1.82) is 0 Å². The van der Waals surface area contributed by atoms with Gasteiger partial charge in [0.25, 0.3) is 0 Å². The maximum absolute atomic E-state index is 13.5. The first-order valence-electron chi connectivity index (χ1n) is 5.62. The molecule has 0 aliphatic rings. The Kier molecular flexibility index (Phi) is 4.04. The van der Waals surface area contributed by atoms with Crippen LogP contribution in [0.2, 0.25) is 5.02 Å². The van der Waals surface area contributed by atoms with Crippen LogP contribution in [0.5, 0.6) is 0 Å². The van der Waals surface area contributed by atoms with E-state index in [0.29, 0.717) is 11.4 Å². The molecule has 98 valence electrons. The Hall–Kier alpha value is -0.910. The molecule has 0 fully saturated rings. The Bertz CT molecular complexity index is 622. The molecule has 0 saturated heterocycles. The van der Waals surface area contributed by atoms with Crippen LogP contribution in [-0.2, 0) is 4.74 Å². The van der Waals surface area contributed by atoms with Gasteiger partial charge in [-0.15, -0.1) is 0 Å². The van der Waals surface area contributed by atoms with E-state index in [2.05, 4.69) is 4.98 Å². The number of aromatic amines is 1. The molecule has 6 heteroatoms. The Morgan fingerprint density at radius 3 is 2.94 bits per heavy atom. The van der Waals surface area contributed by atoms with Crippen LogP contribution in [0, 0.1) is 10.6 Å². The number of imidazole rings is 1. The predicted molar refractivity (Wildman–Crippen MR) is 73.3 cm³/mol. The Morgan fingerprint density at radius 1 is 1.56 bits per heavy atom. The zero-order valence-corrected chi connectivity index (χ0v) is 11.7. The van der Waals surface area contributed by atoms with Crippen LogP contribution in [0.4, 0.5) is 4.39 Å². The molecule has 0 saturated carbocycles. The van der Waals surface area contributed by atoms with Gasteiger partial charge in [0.1, 0.15) is 5.82 Å². The molecule has 1 aromatic carbocycles. The van der Waals surface area contributed by atoms with Crippen molar-refractivity contribution in [1.82, 2.24) is 9.55 Å². The minimum atomic E-state index is -0.439. The van der Waals surface area contributed by atoms with E-state index in [-0.39, 0.29) is 11.1 Å². The lowest BCUT2D eigenvalue weighted by molar-refractivity contribution is 0.181. The van der Waals surface area contributed by atoms with Crippen molar-refractivity contribution in [2.24, 2.45) is 0 Å². The summed E-state index contributed by atoms with van der Waals surface area (Å²) >= 11 is 11.0. The molecule has 1 aromatic heterocycles. The number of benzene rings is 1. The summed E-state index contributed by atoms with van der Waals surface area (Å²) in [5, 5.41) is 0.0930. The highest BCUT2D eigenvalue weighted by molar-refractivity contribution is 7.71. The first-order valence-corrected chi connectivity index (χ1v) is 6.41. The predicted octanol–water partition coefficient (Wildman–Crippen LogP) is 4.09. The number of ether oxygens (including phenoxy) is 1. The molecule has 2 rings (SSSR count). The van der Waals surface area contributed by atoms with Crippen molar-refractivity contribution in [2.75, 3.05) is 13.7 Å². The summed E-state index contributed by atoms with van der Waals surface area (Å²) in [4.78, 5) is 3.04. The smallest absolute Gasteiger partial charge is 0.178 e. The molecule has 0 aliphatic carbocycles. The molecule has 0 bridgehead atoms. The van der Waals surface area contributed by atoms with Gasteiger partial charge in [-0.25, -0.2) is 4.39 Å². The lowest BCUT2D eigenvalue weighted by Crippen LogP contribution is -2.08. The summed E-state index contributed by atoms with van der Waals surface area (Å²) < 4.78 is 21.0. The summed E-state index contributed by atoms with van der Waals surface area (Å²) in [6.07, 6.45) is 0.808. The number of methoxy groups -OCH3 is 1. The van der Waals surface area contributed by atoms with Crippen molar-refractivity contribution in [2.45, 2.75) is 19.4 Å². The molecule has 0 aliphatic heterocycles. The standard InChI is InChI=1S/C12H14ClFN2OS/c1-7(3-4-17-2)16-11-6-9(14)8(13)5-10(11)15-12(16)18/h5-7H,3-4H2,1-2H3,(H,15,18). The molecule has 1 unspecified atom stereocenters. The fourth-order valence-electron chi connectivity index (χ4n) is 1.98. The zero-order chi connectivity index (χ0) is 13.3. The lowest BCUT2D eigenvalue weighted by atomic mass is 10.2. The second kappa shape index (κ2) is 5.38. The number of hydrogen-bond donors (Lipinski definition) is 1. The molecule has 18 heavy (non-hydrogen) atoms. The molecule has 3 nitrogen and oxygen atoms in total. The van der Waals surface area contributed by atoms with Gasteiger partial charge in [-0.3, -0.25) is 0 Å². The highest BCUT2D eigenvalue weighted by Gasteiger charge is 2.13. The molecule has 1 atom stereocenters. The van der Waals surface area contributed by atoms with E-state index < -0.39 is 5.82 Å². The van der Waals surface area contributed by atoms with E-state index in [1.165, 1.54) is 6.07 Å². The molecule has 0 radical (unpaired) electrons. The van der Waals surface area contributed by atoms with Gasteiger partial charge in [-0.1, -0.05) is 11.6 Å². The number of aromatic nitrogens is 2. The second-order valence-corrected chi connectivity index (χ2v) is 5.01. The first-order chi connectivity index (χ1) is 8.54. The molecule has 0 spiro atoms. The molecular formula is C12H14ClFN2OS. The number of hydrogen-bond acceptors (Lipinski definition) is 2. The van der Waals surface area contributed by atoms with Crippen LogP contribution >= 0.6 is 23.8 Å². The highest BCUT2D eigenvalue weighted by Crippen LogP contribution is 2.26. The average molecular weight is 289 g/mol. The first kappa shape index (κ1) is 13.5. The number of nitrogens with zero attached hydrogens (tertiary/aromatic N) is 1. The van der Waals surface area contributed by atoms with Crippen LogP contribution < -0.4 is 0 Å². The Labute approximate surface area is 115 Å². The van der Waals surface area contributed by atoms with Gasteiger partial charge < -0.3 is 14.3 Å². The Balaban J connectivity index is 2.53. The van der Waals surface area contributed by atoms with Gasteiger partial charge in [0.15, 0.2) is 4.77 Å². The number of halogens is 2. The summed E-state index contributed by atoms with van der Waals surface area (Å²) in [6.45, 7) is 2.65. The van der Waals surface area contributed by atoms with Crippen molar-refractivity contribution in [3.05, 3.63) is 27.7 Å². The molecular weight excluding hydrogens is 275 g/mol. The van der Waals surface area contributed by atoms with E-state index in [1.807, 2.05) is 11.5 Å². The normalized spacial score (nSPS) is 13.1. The fourth-order valence-corrected chi connectivity index (χ4v) is 2.53. The average Bonchev–Trinajstić information content (AvgIpc) is 2.62. The van der Waals surface area contributed by atoms with Crippen molar-refractivity contribution in [3.63, 3.8) is 0 Å². The summed E-state index contributed by atoms with van der Waals surface area (Å²) in [6, 6.07) is 3.10. The van der Waals surface area contributed by atoms with Crippen LogP contribution in [-0.4, -0.2) is 23.3 Å². The van der Waals surface area contributed by atoms with Crippen LogP contribution in [0.1, 0.15) is 19.4 Å². The summed E-state index contributed by atoms with van der Waals surface area (Å²) in [5.74, 6) is -0.439. The van der Waals surface area contributed by atoms with E-state index in [1.54, 1.807) is 13.2 Å². The van der Waals surface area contributed by atoms with Crippen LogP contribution in [0.25, 0.3) is 11.0 Å². The fraction of sp³-hybridized carbons (Fsp3) is 0.417. The largest absolute Gasteiger partial charge is 0.385 e. The van der Waals surface area contributed by atoms with E-state index in [9.17, 15) is 4.39 Å². The molecule has 1 N–H and O–H groups in total. The van der Waals surface area contributed by atoms with Crippen molar-refractivity contribution in [3.8, 4) is 0 Å². The third-order valence-corrected chi connectivity index (χ3v) is 3.53. The van der Waals surface area contributed by atoms with E-state index in [4.69, 9.17) is 28.6 Å². The minimum Gasteiger partial charge on any atom is -0.385 e. The minimum absolute atomic E-state index is 0.0930. The van der Waals surface area contributed by atoms with Gasteiger partial charge in [-0.05, 0) is 31.6 Å². The maximum atomic E-state index is 13.5. The van der Waals surface area contributed by atoms with Crippen LogP contribution in [0.15, 0.2) is 12.1 Å². The van der Waals surface area contributed by atoms with Crippen molar-refractivity contribution >= 4 is 34.9 Å². The molecule has 1 heterocycles. The Morgan fingerprint density at radius 2 is 2.28 bits per heavy atom. The molecule has 0 amide bonds. The van der Waals surface area contributed by atoms with Gasteiger partial charge in [0.2, 0.25) is 0 Å². The van der Waals surface area contributed by atoms with Crippen LogP contribution in [0.3, 0.4) is 0 Å². The summed E-state index contributed by atoms with van der Waals surface area (Å²) in [5.41, 5.74) is 1.47. The second-order valence-electron chi connectivity index (χ2n) is 4.21. The number of nitrogens with one attached hydrogen (secondary N) is 1. The monoisotopic (exact) mass is 288 g/mol. The van der Waals surface area contributed by atoms with E-state index in [0.717, 1.165) is 17.5 Å². The quantitative estimate of drug-likeness (QED) is 0.859. The van der Waals surface area contributed by atoms with E-state index >= 15 is 0 Å². The topological polar surface area (TPSA) is 29.9 Å².